The molecule has 5 nitrogen and oxygen atoms in total. The van der Waals surface area contributed by atoms with Crippen LogP contribution in [-0.2, 0) is 16.0 Å². The zero-order valence-corrected chi connectivity index (χ0v) is 10.4. The Labute approximate surface area is 106 Å². The summed E-state index contributed by atoms with van der Waals surface area (Å²) >= 11 is 0. The van der Waals surface area contributed by atoms with Gasteiger partial charge in [0.05, 0.1) is 11.4 Å². The van der Waals surface area contributed by atoms with Crippen LogP contribution in [0, 0.1) is 0 Å². The lowest BCUT2D eigenvalue weighted by Crippen LogP contribution is -2.14. The molecule has 0 aliphatic heterocycles. The number of nitrogens with zero attached hydrogens (tertiary/aromatic N) is 2. The second-order valence-corrected chi connectivity index (χ2v) is 5.68. The van der Waals surface area contributed by atoms with Crippen LogP contribution in [0.1, 0.15) is 5.69 Å². The lowest BCUT2D eigenvalue weighted by atomic mass is 10.2. The Bertz CT molecular complexity index is 693. The van der Waals surface area contributed by atoms with Gasteiger partial charge in [0, 0.05) is 12.5 Å². The molecule has 0 saturated carbocycles. The normalized spacial score (nSPS) is 12.6. The molecule has 2 aromatic heterocycles. The standard InChI is InChI=1S/C10H8F3N3O2S/c1-19(17,18)9-15-7(6-3-2-4-14-6)5-8(16-9)10(11,12)13/h2-5,14H,1H3. The van der Waals surface area contributed by atoms with Crippen molar-refractivity contribution >= 4 is 9.84 Å². The van der Waals surface area contributed by atoms with E-state index in [0.29, 0.717) is 6.07 Å². The van der Waals surface area contributed by atoms with Gasteiger partial charge in [-0.2, -0.15) is 13.2 Å². The number of H-pyrrole nitrogens is 1. The number of nitrogens with one attached hydrogen (secondary N) is 1. The fourth-order valence-electron chi connectivity index (χ4n) is 1.36. The average molecular weight is 291 g/mol. The molecule has 0 spiro atoms. The highest BCUT2D eigenvalue weighted by molar-refractivity contribution is 7.90. The van der Waals surface area contributed by atoms with Gasteiger partial charge < -0.3 is 4.98 Å². The van der Waals surface area contributed by atoms with E-state index in [0.717, 1.165) is 6.26 Å². The minimum absolute atomic E-state index is 0.132. The van der Waals surface area contributed by atoms with Crippen LogP contribution in [0.5, 0.6) is 0 Å². The maximum absolute atomic E-state index is 12.7. The van der Waals surface area contributed by atoms with E-state index in [1.54, 1.807) is 6.07 Å². The predicted octanol–water partition coefficient (Wildman–Crippen LogP) is 1.89. The molecule has 2 rings (SSSR count). The number of alkyl halides is 3. The zero-order valence-electron chi connectivity index (χ0n) is 9.56. The molecule has 0 radical (unpaired) electrons. The third-order valence-corrected chi connectivity index (χ3v) is 3.05. The van der Waals surface area contributed by atoms with E-state index < -0.39 is 26.9 Å². The lowest BCUT2D eigenvalue weighted by Gasteiger charge is -2.08. The average Bonchev–Trinajstić information content (AvgIpc) is 2.79. The molecule has 0 aliphatic carbocycles. The van der Waals surface area contributed by atoms with Gasteiger partial charge in [-0.1, -0.05) is 0 Å². The van der Waals surface area contributed by atoms with E-state index in [9.17, 15) is 21.6 Å². The molecule has 0 saturated heterocycles. The van der Waals surface area contributed by atoms with Gasteiger partial charge in [0.25, 0.3) is 0 Å². The van der Waals surface area contributed by atoms with Crippen LogP contribution < -0.4 is 0 Å². The van der Waals surface area contributed by atoms with Gasteiger partial charge in [0.1, 0.15) is 5.69 Å². The predicted molar refractivity (Wildman–Crippen MR) is 59.9 cm³/mol. The summed E-state index contributed by atoms with van der Waals surface area (Å²) < 4.78 is 60.7. The molecule has 0 aromatic carbocycles. The summed E-state index contributed by atoms with van der Waals surface area (Å²) in [7, 11) is -3.94. The molecule has 0 aliphatic rings. The van der Waals surface area contributed by atoms with Crippen molar-refractivity contribution in [2.75, 3.05) is 6.26 Å². The molecule has 0 bridgehead atoms. The number of aromatic nitrogens is 3. The number of halogens is 3. The van der Waals surface area contributed by atoms with Crippen molar-refractivity contribution in [2.45, 2.75) is 11.3 Å². The van der Waals surface area contributed by atoms with Crippen molar-refractivity contribution in [2.24, 2.45) is 0 Å². The van der Waals surface area contributed by atoms with Gasteiger partial charge in [0.2, 0.25) is 15.0 Å². The Kier molecular flexibility index (Phi) is 3.09. The van der Waals surface area contributed by atoms with Crippen molar-refractivity contribution < 1.29 is 21.6 Å². The molecule has 1 N–H and O–H groups in total. The van der Waals surface area contributed by atoms with Gasteiger partial charge in [-0.05, 0) is 18.2 Å². The van der Waals surface area contributed by atoms with Crippen LogP contribution in [0.3, 0.4) is 0 Å². The molecular formula is C10H8F3N3O2S. The first-order valence-corrected chi connectivity index (χ1v) is 6.87. The first-order valence-electron chi connectivity index (χ1n) is 4.98. The van der Waals surface area contributed by atoms with Crippen LogP contribution in [0.2, 0.25) is 0 Å². The Morgan fingerprint density at radius 1 is 1.26 bits per heavy atom. The molecule has 9 heteroatoms. The summed E-state index contributed by atoms with van der Waals surface area (Å²) in [4.78, 5) is 9.34. The van der Waals surface area contributed by atoms with E-state index in [1.807, 2.05) is 0 Å². The van der Waals surface area contributed by atoms with E-state index >= 15 is 0 Å². The van der Waals surface area contributed by atoms with Crippen molar-refractivity contribution in [1.29, 1.82) is 0 Å². The second-order valence-electron chi connectivity index (χ2n) is 3.77. The van der Waals surface area contributed by atoms with Gasteiger partial charge >= 0.3 is 6.18 Å². The molecule has 102 valence electrons. The summed E-state index contributed by atoms with van der Waals surface area (Å²) in [5, 5.41) is -0.855. The number of aromatic amines is 1. The molecular weight excluding hydrogens is 283 g/mol. The molecule has 2 aromatic rings. The third-order valence-electron chi connectivity index (χ3n) is 2.20. The Balaban J connectivity index is 2.69. The van der Waals surface area contributed by atoms with Crippen LogP contribution in [0.15, 0.2) is 29.6 Å². The molecule has 0 unspecified atom stereocenters. The highest BCUT2D eigenvalue weighted by Gasteiger charge is 2.34. The summed E-state index contributed by atoms with van der Waals surface area (Å²) in [5.74, 6) is 0. The van der Waals surface area contributed by atoms with E-state index in [1.165, 1.54) is 12.3 Å². The summed E-state index contributed by atoms with van der Waals surface area (Å²) in [6.45, 7) is 0. The topological polar surface area (TPSA) is 75.7 Å². The minimum Gasteiger partial charge on any atom is -0.360 e. The Hall–Kier alpha value is -1.90. The van der Waals surface area contributed by atoms with Gasteiger partial charge in [-0.25, -0.2) is 18.4 Å². The molecule has 0 fully saturated rings. The summed E-state index contributed by atoms with van der Waals surface area (Å²) in [6.07, 6.45) is -2.50. The van der Waals surface area contributed by atoms with Crippen molar-refractivity contribution in [1.82, 2.24) is 15.0 Å². The quantitative estimate of drug-likeness (QED) is 0.857. The van der Waals surface area contributed by atoms with E-state index in [4.69, 9.17) is 0 Å². The van der Waals surface area contributed by atoms with Gasteiger partial charge in [0.15, 0.2) is 0 Å². The number of hydrogen-bond donors (Lipinski definition) is 1. The molecule has 0 amide bonds. The van der Waals surface area contributed by atoms with Crippen LogP contribution in [-0.4, -0.2) is 29.6 Å². The van der Waals surface area contributed by atoms with Crippen LogP contribution >= 0.6 is 0 Å². The molecule has 0 atom stereocenters. The van der Waals surface area contributed by atoms with Crippen molar-refractivity contribution in [3.63, 3.8) is 0 Å². The van der Waals surface area contributed by atoms with E-state index in [2.05, 4.69) is 15.0 Å². The summed E-state index contributed by atoms with van der Waals surface area (Å²) in [6, 6.07) is 3.74. The molecule has 2 heterocycles. The fourth-order valence-corrected chi connectivity index (χ4v) is 1.89. The first kappa shape index (κ1) is 13.5. The van der Waals surface area contributed by atoms with Crippen molar-refractivity contribution in [3.8, 4) is 11.4 Å². The number of hydrogen-bond acceptors (Lipinski definition) is 4. The van der Waals surface area contributed by atoms with Crippen LogP contribution in [0.4, 0.5) is 13.2 Å². The number of sulfone groups is 1. The van der Waals surface area contributed by atoms with Gasteiger partial charge in [-0.3, -0.25) is 0 Å². The lowest BCUT2D eigenvalue weighted by molar-refractivity contribution is -0.141. The number of rotatable bonds is 2. The second kappa shape index (κ2) is 4.34. The maximum atomic E-state index is 12.7. The van der Waals surface area contributed by atoms with Gasteiger partial charge in [-0.15, -0.1) is 0 Å². The SMILES string of the molecule is CS(=O)(=O)c1nc(-c2ccc[nH]2)cc(C(F)(F)F)n1. The Morgan fingerprint density at radius 3 is 2.42 bits per heavy atom. The minimum atomic E-state index is -4.75. The highest BCUT2D eigenvalue weighted by Crippen LogP contribution is 2.30. The zero-order chi connectivity index (χ0) is 14.3. The fraction of sp³-hybridized carbons (Fsp3) is 0.200. The molecule has 19 heavy (non-hydrogen) atoms. The third kappa shape index (κ3) is 2.92. The summed E-state index contributed by atoms with van der Waals surface area (Å²) in [5.41, 5.74) is -1.15. The maximum Gasteiger partial charge on any atom is 0.433 e. The van der Waals surface area contributed by atoms with Crippen LogP contribution in [0.25, 0.3) is 11.4 Å². The van der Waals surface area contributed by atoms with E-state index in [-0.39, 0.29) is 11.4 Å². The highest BCUT2D eigenvalue weighted by atomic mass is 32.2. The van der Waals surface area contributed by atoms with Crippen molar-refractivity contribution in [3.05, 3.63) is 30.1 Å². The monoisotopic (exact) mass is 291 g/mol. The smallest absolute Gasteiger partial charge is 0.360 e. The first-order chi connectivity index (χ1) is 8.68. The largest absolute Gasteiger partial charge is 0.433 e. The Morgan fingerprint density at radius 2 is 1.95 bits per heavy atom.